The smallest absolute Gasteiger partial charge is 0.306 e. The lowest BCUT2D eigenvalue weighted by Gasteiger charge is -2.10. The molecule has 0 aliphatic heterocycles. The van der Waals surface area contributed by atoms with Gasteiger partial charge in [-0.25, -0.2) is 0 Å². The van der Waals surface area contributed by atoms with Gasteiger partial charge in [0.1, 0.15) is 0 Å². The molecular weight excluding hydrogens is 238 g/mol. The number of hydrogen-bond acceptors (Lipinski definition) is 1. The molecule has 0 amide bonds. The first-order valence-corrected chi connectivity index (χ1v) is 6.86. The van der Waals surface area contributed by atoms with Gasteiger partial charge in [-0.3, -0.25) is 4.79 Å². The number of carboxylic acids is 1. The summed E-state index contributed by atoms with van der Waals surface area (Å²) < 4.78 is 0. The van der Waals surface area contributed by atoms with Crippen molar-refractivity contribution in [2.75, 3.05) is 0 Å². The SMILES string of the molecule is CC[C@@H](Cc1c[nH]c2c(C(C)C)cccc12)C(=O)O. The first-order chi connectivity index (χ1) is 9.04. The molecule has 2 N–H and O–H groups in total. The molecular formula is C16H21NO2. The molecule has 0 saturated heterocycles. The highest BCUT2D eigenvalue weighted by atomic mass is 16.4. The van der Waals surface area contributed by atoms with Crippen molar-refractivity contribution in [3.05, 3.63) is 35.5 Å². The molecule has 3 heteroatoms. The van der Waals surface area contributed by atoms with Crippen LogP contribution in [0.4, 0.5) is 0 Å². The van der Waals surface area contributed by atoms with Crippen LogP contribution in [0.25, 0.3) is 10.9 Å². The van der Waals surface area contributed by atoms with Gasteiger partial charge in [-0.2, -0.15) is 0 Å². The number of carboxylic acid groups (broad SMARTS) is 1. The number of hydrogen-bond donors (Lipinski definition) is 2. The normalized spacial score (nSPS) is 13.1. The minimum atomic E-state index is -0.711. The molecule has 0 saturated carbocycles. The number of carbonyl (C=O) groups is 1. The van der Waals surface area contributed by atoms with E-state index in [9.17, 15) is 9.90 Å². The van der Waals surface area contributed by atoms with Crippen LogP contribution < -0.4 is 0 Å². The second kappa shape index (κ2) is 5.47. The van der Waals surface area contributed by atoms with E-state index in [4.69, 9.17) is 0 Å². The van der Waals surface area contributed by atoms with Crippen molar-refractivity contribution in [2.24, 2.45) is 5.92 Å². The summed E-state index contributed by atoms with van der Waals surface area (Å²) in [6, 6.07) is 6.25. The van der Waals surface area contributed by atoms with Gasteiger partial charge < -0.3 is 10.1 Å². The van der Waals surface area contributed by atoms with Crippen molar-refractivity contribution in [3.63, 3.8) is 0 Å². The number of aliphatic carboxylic acids is 1. The molecule has 2 rings (SSSR count). The van der Waals surface area contributed by atoms with Crippen molar-refractivity contribution in [2.45, 2.75) is 39.5 Å². The zero-order valence-corrected chi connectivity index (χ0v) is 11.7. The quantitative estimate of drug-likeness (QED) is 0.854. The van der Waals surface area contributed by atoms with Gasteiger partial charge >= 0.3 is 5.97 Å². The predicted octanol–water partition coefficient (Wildman–Crippen LogP) is 3.94. The number of para-hydroxylation sites is 1. The Labute approximate surface area is 113 Å². The molecule has 0 fully saturated rings. The lowest BCUT2D eigenvalue weighted by Crippen LogP contribution is -2.15. The third-order valence-corrected chi connectivity index (χ3v) is 3.76. The Morgan fingerprint density at radius 3 is 2.68 bits per heavy atom. The van der Waals surface area contributed by atoms with Gasteiger partial charge in [-0.15, -0.1) is 0 Å². The number of aromatic amines is 1. The van der Waals surface area contributed by atoms with Crippen LogP contribution in [0, 0.1) is 5.92 Å². The standard InChI is InChI=1S/C16H21NO2/c1-4-11(16(18)19)8-12-9-17-15-13(10(2)3)6-5-7-14(12)15/h5-7,9-11,17H,4,8H2,1-3H3,(H,18,19)/t11-/m0/s1. The van der Waals surface area contributed by atoms with Crippen molar-refractivity contribution in [1.82, 2.24) is 4.98 Å². The molecule has 1 aromatic heterocycles. The van der Waals surface area contributed by atoms with Crippen LogP contribution in [-0.4, -0.2) is 16.1 Å². The van der Waals surface area contributed by atoms with Gasteiger partial charge in [-0.05, 0) is 29.9 Å². The van der Waals surface area contributed by atoms with E-state index >= 15 is 0 Å². The monoisotopic (exact) mass is 259 g/mol. The highest BCUT2D eigenvalue weighted by Crippen LogP contribution is 2.28. The Morgan fingerprint density at radius 1 is 1.37 bits per heavy atom. The maximum atomic E-state index is 11.2. The highest BCUT2D eigenvalue weighted by molar-refractivity contribution is 5.87. The van der Waals surface area contributed by atoms with E-state index in [0.29, 0.717) is 18.8 Å². The first kappa shape index (κ1) is 13.7. The lowest BCUT2D eigenvalue weighted by molar-refractivity contribution is -0.141. The molecule has 0 aliphatic carbocycles. The third-order valence-electron chi connectivity index (χ3n) is 3.76. The molecule has 0 radical (unpaired) electrons. The van der Waals surface area contributed by atoms with E-state index in [1.54, 1.807) is 0 Å². The second-order valence-corrected chi connectivity index (χ2v) is 5.39. The average molecular weight is 259 g/mol. The largest absolute Gasteiger partial charge is 0.481 e. The van der Waals surface area contributed by atoms with Crippen LogP contribution in [0.1, 0.15) is 44.2 Å². The fourth-order valence-corrected chi connectivity index (χ4v) is 2.56. The van der Waals surface area contributed by atoms with E-state index < -0.39 is 5.97 Å². The number of rotatable bonds is 5. The van der Waals surface area contributed by atoms with Crippen molar-refractivity contribution in [1.29, 1.82) is 0 Å². The fraction of sp³-hybridized carbons (Fsp3) is 0.438. The van der Waals surface area contributed by atoms with E-state index in [0.717, 1.165) is 16.5 Å². The van der Waals surface area contributed by atoms with E-state index in [2.05, 4.69) is 37.0 Å². The molecule has 1 atom stereocenters. The minimum absolute atomic E-state index is 0.304. The Hall–Kier alpha value is -1.77. The fourth-order valence-electron chi connectivity index (χ4n) is 2.56. The third kappa shape index (κ3) is 2.65. The minimum Gasteiger partial charge on any atom is -0.481 e. The number of benzene rings is 1. The Bertz CT molecular complexity index is 583. The van der Waals surface area contributed by atoms with Crippen molar-refractivity contribution < 1.29 is 9.90 Å². The molecule has 0 spiro atoms. The van der Waals surface area contributed by atoms with E-state index in [-0.39, 0.29) is 5.92 Å². The van der Waals surface area contributed by atoms with Gasteiger partial charge in [0.05, 0.1) is 5.92 Å². The Kier molecular flexibility index (Phi) is 3.93. The zero-order valence-electron chi connectivity index (χ0n) is 11.7. The van der Waals surface area contributed by atoms with Gasteiger partial charge in [-0.1, -0.05) is 39.0 Å². The molecule has 3 nitrogen and oxygen atoms in total. The van der Waals surface area contributed by atoms with Crippen molar-refractivity contribution in [3.8, 4) is 0 Å². The van der Waals surface area contributed by atoms with Gasteiger partial charge in [0.25, 0.3) is 0 Å². The van der Waals surface area contributed by atoms with Gasteiger partial charge in [0.2, 0.25) is 0 Å². The molecule has 1 heterocycles. The molecule has 19 heavy (non-hydrogen) atoms. The lowest BCUT2D eigenvalue weighted by atomic mass is 9.94. The summed E-state index contributed by atoms with van der Waals surface area (Å²) in [6.45, 7) is 6.26. The average Bonchev–Trinajstić information content (AvgIpc) is 2.78. The highest BCUT2D eigenvalue weighted by Gasteiger charge is 2.18. The summed E-state index contributed by atoms with van der Waals surface area (Å²) in [5.41, 5.74) is 3.53. The summed E-state index contributed by atoms with van der Waals surface area (Å²) in [7, 11) is 0. The molecule has 0 bridgehead atoms. The summed E-state index contributed by atoms with van der Waals surface area (Å²) in [5, 5.41) is 10.3. The molecule has 2 aromatic rings. The first-order valence-electron chi connectivity index (χ1n) is 6.86. The Morgan fingerprint density at radius 2 is 2.11 bits per heavy atom. The number of aromatic nitrogens is 1. The van der Waals surface area contributed by atoms with Crippen LogP contribution in [0.5, 0.6) is 0 Å². The van der Waals surface area contributed by atoms with Crippen LogP contribution >= 0.6 is 0 Å². The number of H-pyrrole nitrogens is 1. The predicted molar refractivity (Wildman–Crippen MR) is 77.5 cm³/mol. The van der Waals surface area contributed by atoms with Crippen LogP contribution in [-0.2, 0) is 11.2 Å². The molecule has 1 aromatic carbocycles. The summed E-state index contributed by atoms with van der Waals surface area (Å²) in [5.74, 6) is -0.560. The zero-order chi connectivity index (χ0) is 14.0. The summed E-state index contributed by atoms with van der Waals surface area (Å²) >= 11 is 0. The number of nitrogens with one attached hydrogen (secondary N) is 1. The van der Waals surface area contributed by atoms with Crippen LogP contribution in [0.3, 0.4) is 0 Å². The maximum absolute atomic E-state index is 11.2. The molecule has 102 valence electrons. The molecule has 0 aliphatic rings. The van der Waals surface area contributed by atoms with Crippen LogP contribution in [0.2, 0.25) is 0 Å². The van der Waals surface area contributed by atoms with Gasteiger partial charge in [0, 0.05) is 17.1 Å². The summed E-state index contributed by atoms with van der Waals surface area (Å²) in [4.78, 5) is 14.5. The number of fused-ring (bicyclic) bond motifs is 1. The summed E-state index contributed by atoms with van der Waals surface area (Å²) in [6.07, 6.45) is 3.21. The molecule has 0 unspecified atom stereocenters. The maximum Gasteiger partial charge on any atom is 0.306 e. The van der Waals surface area contributed by atoms with E-state index in [1.807, 2.05) is 13.1 Å². The second-order valence-electron chi connectivity index (χ2n) is 5.39. The topological polar surface area (TPSA) is 53.1 Å². The van der Waals surface area contributed by atoms with Crippen LogP contribution in [0.15, 0.2) is 24.4 Å². The van der Waals surface area contributed by atoms with Crippen molar-refractivity contribution >= 4 is 16.9 Å². The van der Waals surface area contributed by atoms with Gasteiger partial charge in [0.15, 0.2) is 0 Å². The Balaban J connectivity index is 2.41. The van der Waals surface area contributed by atoms with E-state index in [1.165, 1.54) is 5.56 Å².